The number of fused-ring (bicyclic) bond motifs is 10. The predicted molar refractivity (Wildman–Crippen MR) is 407 cm³/mol. The predicted octanol–water partition coefficient (Wildman–Crippen LogP) is 24.2. The summed E-state index contributed by atoms with van der Waals surface area (Å²) in [5.41, 5.74) is 12.7. The Morgan fingerprint density at radius 1 is 0.262 bits per heavy atom. The fourth-order valence-corrected chi connectivity index (χ4v) is 15.1. The summed E-state index contributed by atoms with van der Waals surface area (Å²) in [6, 6.07) is 54.0. The molecule has 12 aliphatic rings. The zero-order valence-corrected chi connectivity index (χ0v) is 66.0. The third-order valence-electron chi connectivity index (χ3n) is 21.6. The molecule has 15 nitrogen and oxygen atoms in total. The van der Waals surface area contributed by atoms with Crippen LogP contribution in [-0.2, 0) is 88.2 Å². The standard InChI is InChI=1S/C20H20O.C17H14O2.C17H16O2.C10H16O2.C9H14O2.C7H12O2.C5H6F2O2.C5H8O2/c1-13-14(2)21-20(19(13,3)4)17-11-7-5-9-15(17)16-10-6-8-12-18(16)20;1-11-12(2)19-17(18-11)15-9-5-3-7-13(15)14-8-4-6-10-16(14)17;1-13-14(2)19-17(18-13,15-9-5-3-6-10-15)16-11-7-4-8-12-16;1-8-9(2)12-10(11-8)6-4-3-5-7-10;1-7-8(2)11-9(10-7)5-3-4-6-9;1-5-6(2)9-7(3,4)8-5;1-3-4(2)9-5(6,7)8-3;1-4-5(2)7-3-6-4/h5-12H,1-4H3;3-10H,1-2H3;3-12H,1-2H3;3-7H2,1-2H3;3-6H2,1-2H3;1-4H3;1-2H3;3H2,1-2H3. The lowest BCUT2D eigenvalue weighted by Crippen LogP contribution is -2.40. The van der Waals surface area contributed by atoms with Gasteiger partial charge in [-0.3, -0.25) is 0 Å². The quantitative estimate of drug-likeness (QED) is 0.162. The molecule has 0 radical (unpaired) electrons. The van der Waals surface area contributed by atoms with E-state index in [0.717, 1.165) is 123 Å². The first-order valence-corrected chi connectivity index (χ1v) is 37.2. The summed E-state index contributed by atoms with van der Waals surface area (Å²) in [6.07, 6.45) is 7.07. The van der Waals surface area contributed by atoms with Crippen molar-refractivity contribution < 1.29 is 79.8 Å². The second-order valence-corrected chi connectivity index (χ2v) is 29.6. The van der Waals surface area contributed by atoms with Crippen LogP contribution in [0.2, 0.25) is 0 Å². The average Bonchev–Trinajstić information content (AvgIpc) is 1.52. The number of hydrogen-bond donors (Lipinski definition) is 0. The highest BCUT2D eigenvalue weighted by atomic mass is 19.3. The monoisotopic (exact) mass is 1460 g/mol. The molecule has 8 aliphatic heterocycles. The third-order valence-corrected chi connectivity index (χ3v) is 21.6. The topological polar surface area (TPSA) is 138 Å². The molecule has 0 unspecified atom stereocenters. The van der Waals surface area contributed by atoms with Gasteiger partial charge in [-0.25, -0.2) is 0 Å². The van der Waals surface area contributed by atoms with Crippen LogP contribution in [0.15, 0.2) is 250 Å². The van der Waals surface area contributed by atoms with E-state index in [1.807, 2.05) is 170 Å². The van der Waals surface area contributed by atoms with E-state index in [-0.39, 0.29) is 34.1 Å². The lowest BCUT2D eigenvalue weighted by atomic mass is 9.67. The molecule has 107 heavy (non-hydrogen) atoms. The van der Waals surface area contributed by atoms with Crippen molar-refractivity contribution >= 4 is 0 Å². The molecule has 0 bridgehead atoms. The van der Waals surface area contributed by atoms with E-state index in [1.54, 1.807) is 0 Å². The van der Waals surface area contributed by atoms with Crippen LogP contribution in [0.5, 0.6) is 0 Å². The van der Waals surface area contributed by atoms with Crippen LogP contribution in [0.4, 0.5) is 8.78 Å². The first-order valence-electron chi connectivity index (χ1n) is 37.2. The fraction of sp³-hybridized carbons (Fsp3) is 0.422. The first kappa shape index (κ1) is 78.2. The highest BCUT2D eigenvalue weighted by Gasteiger charge is 2.60. The van der Waals surface area contributed by atoms with Gasteiger partial charge in [0.2, 0.25) is 12.6 Å². The van der Waals surface area contributed by atoms with Crippen molar-refractivity contribution in [1.82, 2.24) is 0 Å². The van der Waals surface area contributed by atoms with E-state index in [9.17, 15) is 8.78 Å². The van der Waals surface area contributed by atoms with Gasteiger partial charge in [0, 0.05) is 78.3 Å². The molecule has 8 heterocycles. The fourth-order valence-electron chi connectivity index (χ4n) is 15.1. The molecule has 0 atom stereocenters. The minimum absolute atomic E-state index is 0.0558. The normalized spacial score (nSPS) is 21.3. The summed E-state index contributed by atoms with van der Waals surface area (Å²) in [4.78, 5) is 0. The van der Waals surface area contributed by atoms with E-state index < -0.39 is 23.7 Å². The number of halogens is 2. The summed E-state index contributed by atoms with van der Waals surface area (Å²) in [5, 5.41) is 0. The average molecular weight is 1470 g/mol. The molecule has 4 spiro atoms. The van der Waals surface area contributed by atoms with Crippen LogP contribution in [-0.4, -0.2) is 30.4 Å². The minimum Gasteiger partial charge on any atom is -0.482 e. The Morgan fingerprint density at radius 2 is 0.542 bits per heavy atom. The zero-order valence-electron chi connectivity index (χ0n) is 66.0. The Labute approximate surface area is 631 Å². The van der Waals surface area contributed by atoms with Gasteiger partial charge in [0.15, 0.2) is 5.60 Å². The summed E-state index contributed by atoms with van der Waals surface area (Å²) in [5.74, 6) is 9.59. The van der Waals surface area contributed by atoms with E-state index in [2.05, 4.69) is 122 Å². The van der Waals surface area contributed by atoms with Crippen molar-refractivity contribution in [3.05, 3.63) is 283 Å². The van der Waals surface area contributed by atoms with Crippen molar-refractivity contribution in [3.63, 3.8) is 0 Å². The van der Waals surface area contributed by atoms with Gasteiger partial charge in [0.25, 0.3) is 11.6 Å². The van der Waals surface area contributed by atoms with Crippen molar-refractivity contribution in [2.24, 2.45) is 5.41 Å². The van der Waals surface area contributed by atoms with E-state index in [4.69, 9.17) is 61.6 Å². The van der Waals surface area contributed by atoms with Gasteiger partial charge in [-0.1, -0.05) is 178 Å². The summed E-state index contributed by atoms with van der Waals surface area (Å²) < 4.78 is 106. The Balaban J connectivity index is 0.000000125. The Kier molecular flexibility index (Phi) is 22.7. The molecule has 18 rings (SSSR count). The molecule has 2 saturated carbocycles. The summed E-state index contributed by atoms with van der Waals surface area (Å²) in [7, 11) is 0. The summed E-state index contributed by atoms with van der Waals surface area (Å²) in [6.45, 7) is 39.2. The van der Waals surface area contributed by atoms with Crippen LogP contribution in [0.3, 0.4) is 0 Å². The molecule has 6 aromatic rings. The number of alkyl halides is 2. The number of benzene rings is 6. The van der Waals surface area contributed by atoms with E-state index in [0.29, 0.717) is 6.79 Å². The largest absolute Gasteiger partial charge is 0.585 e. The molecule has 6 aromatic carbocycles. The zero-order chi connectivity index (χ0) is 77.1. The van der Waals surface area contributed by atoms with Gasteiger partial charge in [-0.15, -0.1) is 8.78 Å². The molecular weight excluding hydrogens is 1360 g/mol. The molecule has 0 amide bonds. The number of hydrogen-bond acceptors (Lipinski definition) is 15. The molecule has 0 N–H and O–H groups in total. The van der Waals surface area contributed by atoms with Crippen molar-refractivity contribution in [2.75, 3.05) is 6.79 Å². The van der Waals surface area contributed by atoms with Crippen molar-refractivity contribution in [3.8, 4) is 22.3 Å². The van der Waals surface area contributed by atoms with Crippen LogP contribution in [0.25, 0.3) is 22.3 Å². The molecule has 2 fully saturated rings. The number of ether oxygens (including phenoxy) is 15. The first-order chi connectivity index (χ1) is 50.7. The maximum absolute atomic E-state index is 12.0. The Morgan fingerprint density at radius 3 is 0.832 bits per heavy atom. The van der Waals surface area contributed by atoms with E-state index in [1.165, 1.54) is 84.9 Å². The minimum atomic E-state index is -3.44. The smallest absolute Gasteiger partial charge is 0.482 e. The van der Waals surface area contributed by atoms with Crippen LogP contribution >= 0.6 is 0 Å². The van der Waals surface area contributed by atoms with E-state index >= 15 is 0 Å². The van der Waals surface area contributed by atoms with Crippen LogP contribution in [0.1, 0.15) is 230 Å². The van der Waals surface area contributed by atoms with Gasteiger partial charge >= 0.3 is 17.9 Å². The molecule has 0 aromatic heterocycles. The molecule has 4 aliphatic carbocycles. The van der Waals surface area contributed by atoms with Gasteiger partial charge in [0.05, 0.1) is 5.76 Å². The molecule has 0 saturated heterocycles. The second-order valence-electron chi connectivity index (χ2n) is 29.6. The summed E-state index contributed by atoms with van der Waals surface area (Å²) >= 11 is 0. The highest BCUT2D eigenvalue weighted by molar-refractivity contribution is 5.82. The lowest BCUT2D eigenvalue weighted by molar-refractivity contribution is -0.337. The molecule has 570 valence electrons. The lowest BCUT2D eigenvalue weighted by Gasteiger charge is -2.40. The van der Waals surface area contributed by atoms with Gasteiger partial charge < -0.3 is 71.1 Å². The van der Waals surface area contributed by atoms with Gasteiger partial charge in [0.1, 0.15) is 80.6 Å². The molecule has 17 heteroatoms. The Hall–Kier alpha value is -9.90. The molecular formula is C90H106F2O15. The number of rotatable bonds is 2. The van der Waals surface area contributed by atoms with Gasteiger partial charge in [-0.2, -0.15) is 0 Å². The van der Waals surface area contributed by atoms with Crippen molar-refractivity contribution in [1.29, 1.82) is 0 Å². The second kappa shape index (κ2) is 31.1. The third kappa shape index (κ3) is 15.9. The maximum atomic E-state index is 12.0. The highest BCUT2D eigenvalue weighted by Crippen LogP contribution is 2.64. The number of allylic oxidation sites excluding steroid dienone is 15. The van der Waals surface area contributed by atoms with Gasteiger partial charge in [-0.05, 0) is 164 Å². The van der Waals surface area contributed by atoms with Crippen LogP contribution < -0.4 is 0 Å². The maximum Gasteiger partial charge on any atom is 0.585 e. The SMILES string of the molecule is CC1=C(C)C(C)(C)C2(O1)c1ccccc1-c1ccccc12.CC1=C(C)OC(C)(C)O1.CC1=C(C)OC(F)(F)O1.CC1=C(C)OC(c2ccccc2)(c2ccccc2)O1.CC1=C(C)OC2(CCCC2)O1.CC1=C(C)OC2(CCCCC2)O1.CC1=C(C)OC2(O1)c1ccccc1-c1ccccc12.CC1=C(C)OCO1. The Bertz CT molecular complexity index is 4210. The van der Waals surface area contributed by atoms with Crippen LogP contribution in [0, 0.1) is 5.41 Å². The van der Waals surface area contributed by atoms with Crippen molar-refractivity contribution in [2.45, 2.75) is 237 Å².